The van der Waals surface area contributed by atoms with E-state index in [1.54, 1.807) is 0 Å². The second-order valence-electron chi connectivity index (χ2n) is 1.93. The summed E-state index contributed by atoms with van der Waals surface area (Å²) in [7, 11) is 0. The van der Waals surface area contributed by atoms with Crippen LogP contribution in [0.25, 0.3) is 0 Å². The van der Waals surface area contributed by atoms with Gasteiger partial charge in [-0.2, -0.15) is 0 Å². The average Bonchev–Trinajstić information content (AvgIpc) is 1.82. The predicted molar refractivity (Wildman–Crippen MR) is 46.3 cm³/mol. The predicted octanol–water partition coefficient (Wildman–Crippen LogP) is -0.516. The van der Waals surface area contributed by atoms with E-state index in [4.69, 9.17) is 11.6 Å². The second kappa shape index (κ2) is 5.80. The van der Waals surface area contributed by atoms with Gasteiger partial charge in [-0.25, -0.2) is 4.39 Å². The van der Waals surface area contributed by atoms with Crippen molar-refractivity contribution in [3.05, 3.63) is 27.4 Å². The van der Waals surface area contributed by atoms with Crippen LogP contribution in [0.3, 0.4) is 0 Å². The Bertz CT molecular complexity index is 326. The van der Waals surface area contributed by atoms with Gasteiger partial charge in [0.2, 0.25) is 0 Å². The van der Waals surface area contributed by atoms with Crippen molar-refractivity contribution in [1.29, 1.82) is 0 Å². The maximum Gasteiger partial charge on any atom is 1.00 e. The van der Waals surface area contributed by atoms with Crippen molar-refractivity contribution >= 4 is 38.6 Å². The third-order valence-corrected chi connectivity index (χ3v) is 3.20. The number of hydrogen-bond acceptors (Lipinski definition) is 2. The van der Waals surface area contributed by atoms with Crippen molar-refractivity contribution in [2.45, 2.75) is 4.90 Å². The van der Waals surface area contributed by atoms with Gasteiger partial charge < -0.3 is 4.55 Å². The molecule has 0 spiro atoms. The zero-order chi connectivity index (χ0) is 9.30. The summed E-state index contributed by atoms with van der Waals surface area (Å²) >= 11 is 5.89. The molecular formula is C6H2BrClFNaO2S. The molecule has 0 bridgehead atoms. The van der Waals surface area contributed by atoms with E-state index < -0.39 is 16.9 Å². The number of rotatable bonds is 1. The molecule has 66 valence electrons. The summed E-state index contributed by atoms with van der Waals surface area (Å²) in [4.78, 5) is -0.127. The van der Waals surface area contributed by atoms with E-state index in [0.29, 0.717) is 0 Å². The van der Waals surface area contributed by atoms with E-state index in [0.717, 1.165) is 12.1 Å². The van der Waals surface area contributed by atoms with E-state index >= 15 is 0 Å². The first kappa shape index (κ1) is 14.0. The van der Waals surface area contributed by atoms with E-state index in [-0.39, 0.29) is 43.9 Å². The van der Waals surface area contributed by atoms with Crippen molar-refractivity contribution in [2.75, 3.05) is 0 Å². The first-order valence-electron chi connectivity index (χ1n) is 2.76. The van der Waals surface area contributed by atoms with Crippen LogP contribution in [0.4, 0.5) is 4.39 Å². The number of benzene rings is 1. The molecule has 1 unspecified atom stereocenters. The van der Waals surface area contributed by atoms with Gasteiger partial charge in [0.1, 0.15) is 5.82 Å². The minimum Gasteiger partial charge on any atom is -0.768 e. The van der Waals surface area contributed by atoms with Gasteiger partial charge in [-0.15, -0.1) is 0 Å². The van der Waals surface area contributed by atoms with Gasteiger partial charge in [0.05, 0.1) is 9.92 Å². The summed E-state index contributed by atoms with van der Waals surface area (Å²) < 4.78 is 33.7. The van der Waals surface area contributed by atoms with Crippen molar-refractivity contribution < 1.29 is 42.7 Å². The van der Waals surface area contributed by atoms with Gasteiger partial charge in [0, 0.05) is 4.47 Å². The third kappa shape index (κ3) is 3.58. The first-order valence-corrected chi connectivity index (χ1v) is 5.00. The molecule has 13 heavy (non-hydrogen) atoms. The molecule has 0 amide bonds. The maximum absolute atomic E-state index is 12.6. The first-order chi connectivity index (χ1) is 5.52. The Balaban J connectivity index is 0.00000144. The standard InChI is InChI=1S/C6H3BrClFO2S.Na/c7-4-1-3(9)2-5(8)6(4)12(10)11;/h1-2H,(H,10,11);/q;+1/p-1. The van der Waals surface area contributed by atoms with Gasteiger partial charge >= 0.3 is 29.6 Å². The zero-order valence-electron chi connectivity index (χ0n) is 6.51. The molecule has 0 N–H and O–H groups in total. The molecule has 0 saturated carbocycles. The van der Waals surface area contributed by atoms with E-state index in [1.165, 1.54) is 0 Å². The monoisotopic (exact) mass is 294 g/mol. The van der Waals surface area contributed by atoms with Crippen LogP contribution in [0.2, 0.25) is 5.02 Å². The third-order valence-electron chi connectivity index (χ3n) is 1.13. The number of halogens is 3. The van der Waals surface area contributed by atoms with Crippen molar-refractivity contribution in [1.82, 2.24) is 0 Å². The Labute approximate surface area is 113 Å². The van der Waals surface area contributed by atoms with E-state index in [9.17, 15) is 13.2 Å². The molecule has 2 nitrogen and oxygen atoms in total. The molecule has 0 aliphatic heterocycles. The molecular weight excluding hydrogens is 293 g/mol. The molecule has 0 fully saturated rings. The summed E-state index contributed by atoms with van der Waals surface area (Å²) in [5.41, 5.74) is 0. The number of hydrogen-bond donors (Lipinski definition) is 0. The quantitative estimate of drug-likeness (QED) is 0.517. The van der Waals surface area contributed by atoms with Crippen LogP contribution in [0.5, 0.6) is 0 Å². The molecule has 1 atom stereocenters. The van der Waals surface area contributed by atoms with Gasteiger partial charge in [-0.1, -0.05) is 11.6 Å². The largest absolute Gasteiger partial charge is 1.00 e. The van der Waals surface area contributed by atoms with Crippen LogP contribution >= 0.6 is 27.5 Å². The second-order valence-corrected chi connectivity index (χ2v) is 4.07. The van der Waals surface area contributed by atoms with Crippen molar-refractivity contribution in [2.24, 2.45) is 0 Å². The molecule has 0 saturated heterocycles. The van der Waals surface area contributed by atoms with Gasteiger partial charge in [0.15, 0.2) is 0 Å². The SMILES string of the molecule is O=S([O-])c1c(Cl)cc(F)cc1Br.[Na+]. The Hall–Kier alpha value is 1.03. The van der Waals surface area contributed by atoms with Gasteiger partial charge in [-0.05, 0) is 39.1 Å². The molecule has 0 radical (unpaired) electrons. The summed E-state index contributed by atoms with van der Waals surface area (Å²) in [6.45, 7) is 0. The van der Waals surface area contributed by atoms with Crippen LogP contribution in [0.1, 0.15) is 0 Å². The summed E-state index contributed by atoms with van der Waals surface area (Å²) in [6, 6.07) is 1.98. The van der Waals surface area contributed by atoms with Crippen molar-refractivity contribution in [3.8, 4) is 0 Å². The maximum atomic E-state index is 12.6. The molecule has 1 aromatic carbocycles. The molecule has 0 aliphatic carbocycles. The Morgan fingerprint density at radius 1 is 1.54 bits per heavy atom. The average molecular weight is 295 g/mol. The minimum absolute atomic E-state index is 0. The summed E-state index contributed by atoms with van der Waals surface area (Å²) in [5, 5.41) is -0.129. The summed E-state index contributed by atoms with van der Waals surface area (Å²) in [5.74, 6) is -0.582. The molecule has 0 aromatic heterocycles. The van der Waals surface area contributed by atoms with Crippen LogP contribution in [0.15, 0.2) is 21.5 Å². The van der Waals surface area contributed by atoms with E-state index in [1.807, 2.05) is 0 Å². The normalized spacial score (nSPS) is 12.0. The Kier molecular flexibility index (Phi) is 6.26. The van der Waals surface area contributed by atoms with Gasteiger partial charge in [-0.3, -0.25) is 4.21 Å². The van der Waals surface area contributed by atoms with Crippen LogP contribution < -0.4 is 29.6 Å². The minimum atomic E-state index is -2.46. The fourth-order valence-corrected chi connectivity index (χ4v) is 2.46. The fourth-order valence-electron chi connectivity index (χ4n) is 0.688. The van der Waals surface area contributed by atoms with E-state index in [2.05, 4.69) is 15.9 Å². The van der Waals surface area contributed by atoms with Gasteiger partial charge in [0.25, 0.3) is 0 Å². The summed E-state index contributed by atoms with van der Waals surface area (Å²) in [6.07, 6.45) is 0. The molecule has 0 heterocycles. The molecule has 1 rings (SSSR count). The zero-order valence-corrected chi connectivity index (χ0v) is 11.7. The van der Waals surface area contributed by atoms with Crippen LogP contribution in [0, 0.1) is 5.82 Å². The van der Waals surface area contributed by atoms with Crippen LogP contribution in [-0.2, 0) is 11.1 Å². The molecule has 0 aliphatic rings. The topological polar surface area (TPSA) is 40.1 Å². The Morgan fingerprint density at radius 2 is 2.08 bits per heavy atom. The molecule has 1 aromatic rings. The van der Waals surface area contributed by atoms with Crippen LogP contribution in [-0.4, -0.2) is 8.76 Å². The smallest absolute Gasteiger partial charge is 0.768 e. The fraction of sp³-hybridized carbons (Fsp3) is 0. The van der Waals surface area contributed by atoms with Crippen molar-refractivity contribution in [3.63, 3.8) is 0 Å². The molecule has 7 heteroatoms. The Morgan fingerprint density at radius 3 is 2.46 bits per heavy atom.